The number of nitrogens with zero attached hydrogens (tertiary/aromatic N) is 4. The van der Waals surface area contributed by atoms with Gasteiger partial charge >= 0.3 is 0 Å². The molecule has 2 fully saturated rings. The lowest BCUT2D eigenvalue weighted by Gasteiger charge is -2.34. The highest BCUT2D eigenvalue weighted by atomic mass is 15.3. The van der Waals surface area contributed by atoms with Gasteiger partial charge in [0, 0.05) is 13.1 Å². The molecule has 0 atom stereocenters. The summed E-state index contributed by atoms with van der Waals surface area (Å²) in [6, 6.07) is 6.69. The Balaban J connectivity index is 1.44. The maximum atomic E-state index is 4.23. The third-order valence-electron chi connectivity index (χ3n) is 5.51. The van der Waals surface area contributed by atoms with E-state index in [1.54, 1.807) is 12.7 Å². The summed E-state index contributed by atoms with van der Waals surface area (Å²) < 4.78 is 1.83. The van der Waals surface area contributed by atoms with Crippen molar-refractivity contribution in [2.45, 2.75) is 32.7 Å². The fourth-order valence-electron chi connectivity index (χ4n) is 4.19. The van der Waals surface area contributed by atoms with Crippen molar-refractivity contribution in [2.75, 3.05) is 26.2 Å². The summed E-state index contributed by atoms with van der Waals surface area (Å²) in [6.07, 6.45) is 7.38. The molecule has 2 aromatic rings. The average Bonchev–Trinajstić information content (AvgIpc) is 3.19. The number of benzene rings is 1. The van der Waals surface area contributed by atoms with Gasteiger partial charge in [0.15, 0.2) is 0 Å². The lowest BCUT2D eigenvalue weighted by Crippen LogP contribution is -2.38. The molecule has 1 N–H and O–H groups in total. The van der Waals surface area contributed by atoms with E-state index in [1.807, 2.05) is 4.68 Å². The molecule has 0 radical (unpaired) electrons. The first kappa shape index (κ1) is 14.8. The van der Waals surface area contributed by atoms with Gasteiger partial charge in [-0.05, 0) is 68.4 Å². The molecular formula is C18H25N5. The van der Waals surface area contributed by atoms with Crippen LogP contribution >= 0.6 is 0 Å². The first-order valence-corrected chi connectivity index (χ1v) is 8.62. The van der Waals surface area contributed by atoms with Crippen LogP contribution in [-0.4, -0.2) is 45.8 Å². The minimum atomic E-state index is 0.584. The Hall–Kier alpha value is -1.72. The highest BCUT2D eigenvalue weighted by molar-refractivity contribution is 5.41. The monoisotopic (exact) mass is 311 g/mol. The number of aromatic nitrogens is 3. The van der Waals surface area contributed by atoms with Crippen molar-refractivity contribution in [1.29, 1.82) is 0 Å². The predicted octanol–water partition coefficient (Wildman–Crippen LogP) is 2.15. The Labute approximate surface area is 137 Å². The van der Waals surface area contributed by atoms with Gasteiger partial charge < -0.3 is 5.32 Å². The lowest BCUT2D eigenvalue weighted by atomic mass is 9.78. The standard InChI is InChI=1S/C18H25N5/c1-15-10-16(2-3-17(15)23-14-20-13-21-23)11-22-9-6-18(12-22)4-7-19-8-5-18/h2-3,10,13-14,19H,4-9,11-12H2,1H3. The zero-order valence-corrected chi connectivity index (χ0v) is 13.8. The van der Waals surface area contributed by atoms with Gasteiger partial charge in [-0.15, -0.1) is 0 Å². The van der Waals surface area contributed by atoms with Crippen LogP contribution in [0.4, 0.5) is 0 Å². The number of nitrogens with one attached hydrogen (secondary N) is 1. The van der Waals surface area contributed by atoms with Gasteiger partial charge in [0.2, 0.25) is 0 Å². The maximum absolute atomic E-state index is 4.23. The number of likely N-dealkylation sites (tertiary alicyclic amines) is 1. The Kier molecular flexibility index (Phi) is 3.91. The Morgan fingerprint density at radius 3 is 2.83 bits per heavy atom. The fraction of sp³-hybridized carbons (Fsp3) is 0.556. The van der Waals surface area contributed by atoms with Crippen LogP contribution < -0.4 is 5.32 Å². The van der Waals surface area contributed by atoms with Gasteiger partial charge in [0.25, 0.3) is 0 Å². The van der Waals surface area contributed by atoms with E-state index < -0.39 is 0 Å². The average molecular weight is 311 g/mol. The molecule has 5 heteroatoms. The van der Waals surface area contributed by atoms with Crippen molar-refractivity contribution in [3.8, 4) is 5.69 Å². The van der Waals surface area contributed by atoms with Crippen molar-refractivity contribution in [3.05, 3.63) is 42.0 Å². The molecule has 0 bridgehead atoms. The quantitative estimate of drug-likeness (QED) is 0.943. The summed E-state index contributed by atoms with van der Waals surface area (Å²) in [4.78, 5) is 6.67. The van der Waals surface area contributed by atoms with Gasteiger partial charge in [0.05, 0.1) is 5.69 Å². The van der Waals surface area contributed by atoms with Crippen molar-refractivity contribution in [3.63, 3.8) is 0 Å². The predicted molar refractivity (Wildman–Crippen MR) is 90.5 cm³/mol. The fourth-order valence-corrected chi connectivity index (χ4v) is 4.19. The highest BCUT2D eigenvalue weighted by Gasteiger charge is 2.38. The first-order valence-electron chi connectivity index (χ1n) is 8.62. The second-order valence-electron chi connectivity index (χ2n) is 7.17. The number of piperidine rings is 1. The van der Waals surface area contributed by atoms with Crippen LogP contribution in [0, 0.1) is 12.3 Å². The summed E-state index contributed by atoms with van der Waals surface area (Å²) >= 11 is 0. The molecule has 0 aliphatic carbocycles. The molecule has 1 spiro atoms. The minimum Gasteiger partial charge on any atom is -0.317 e. The van der Waals surface area contributed by atoms with Crippen molar-refractivity contribution < 1.29 is 0 Å². The molecule has 122 valence electrons. The van der Waals surface area contributed by atoms with E-state index in [4.69, 9.17) is 0 Å². The molecule has 2 aliphatic heterocycles. The SMILES string of the molecule is Cc1cc(CN2CCC3(CCNCC3)C2)ccc1-n1cncn1. The Morgan fingerprint density at radius 1 is 1.22 bits per heavy atom. The van der Waals surface area contributed by atoms with Crippen LogP contribution in [0.2, 0.25) is 0 Å². The van der Waals surface area contributed by atoms with Crippen molar-refractivity contribution >= 4 is 0 Å². The molecule has 2 saturated heterocycles. The number of hydrogen-bond donors (Lipinski definition) is 1. The largest absolute Gasteiger partial charge is 0.317 e. The van der Waals surface area contributed by atoms with Gasteiger partial charge in [-0.25, -0.2) is 9.67 Å². The van der Waals surface area contributed by atoms with Gasteiger partial charge in [-0.1, -0.05) is 12.1 Å². The van der Waals surface area contributed by atoms with Crippen LogP contribution in [0.15, 0.2) is 30.9 Å². The molecule has 4 rings (SSSR count). The minimum absolute atomic E-state index is 0.584. The van der Waals surface area contributed by atoms with Gasteiger partial charge in [-0.3, -0.25) is 4.90 Å². The van der Waals surface area contributed by atoms with E-state index in [0.29, 0.717) is 5.41 Å². The van der Waals surface area contributed by atoms with E-state index in [9.17, 15) is 0 Å². The maximum Gasteiger partial charge on any atom is 0.138 e. The zero-order valence-electron chi connectivity index (χ0n) is 13.8. The van der Waals surface area contributed by atoms with Gasteiger partial charge in [-0.2, -0.15) is 5.10 Å². The third kappa shape index (κ3) is 3.03. The van der Waals surface area contributed by atoms with Crippen LogP contribution in [0.5, 0.6) is 0 Å². The molecule has 3 heterocycles. The van der Waals surface area contributed by atoms with Crippen LogP contribution in [0.3, 0.4) is 0 Å². The molecule has 0 amide bonds. The van der Waals surface area contributed by atoms with E-state index in [1.165, 1.54) is 56.6 Å². The van der Waals surface area contributed by atoms with E-state index in [0.717, 1.165) is 12.2 Å². The molecule has 0 unspecified atom stereocenters. The van der Waals surface area contributed by atoms with E-state index in [2.05, 4.69) is 45.4 Å². The van der Waals surface area contributed by atoms with Crippen molar-refractivity contribution in [2.24, 2.45) is 5.41 Å². The second kappa shape index (κ2) is 6.06. The molecule has 0 saturated carbocycles. The van der Waals surface area contributed by atoms with Crippen LogP contribution in [0.1, 0.15) is 30.4 Å². The molecule has 2 aliphatic rings. The second-order valence-corrected chi connectivity index (χ2v) is 7.17. The number of rotatable bonds is 3. The summed E-state index contributed by atoms with van der Waals surface area (Å²) in [5.41, 5.74) is 4.35. The Bertz CT molecular complexity index is 658. The van der Waals surface area contributed by atoms with Crippen LogP contribution in [-0.2, 0) is 6.54 Å². The third-order valence-corrected chi connectivity index (χ3v) is 5.51. The van der Waals surface area contributed by atoms with E-state index >= 15 is 0 Å². The lowest BCUT2D eigenvalue weighted by molar-refractivity contribution is 0.194. The summed E-state index contributed by atoms with van der Waals surface area (Å²) in [5, 5.41) is 7.72. The summed E-state index contributed by atoms with van der Waals surface area (Å²) in [6.45, 7) is 8.11. The smallest absolute Gasteiger partial charge is 0.138 e. The first-order chi connectivity index (χ1) is 11.2. The molecular weight excluding hydrogens is 286 g/mol. The highest BCUT2D eigenvalue weighted by Crippen LogP contribution is 2.39. The molecule has 1 aromatic carbocycles. The molecule has 5 nitrogen and oxygen atoms in total. The number of hydrogen-bond acceptors (Lipinski definition) is 4. The van der Waals surface area contributed by atoms with E-state index in [-0.39, 0.29) is 0 Å². The Morgan fingerprint density at radius 2 is 2.09 bits per heavy atom. The zero-order chi connectivity index (χ0) is 15.7. The molecule has 1 aromatic heterocycles. The van der Waals surface area contributed by atoms with Gasteiger partial charge in [0.1, 0.15) is 12.7 Å². The van der Waals surface area contributed by atoms with Crippen LogP contribution in [0.25, 0.3) is 5.69 Å². The summed E-state index contributed by atoms with van der Waals surface area (Å²) in [7, 11) is 0. The topological polar surface area (TPSA) is 46.0 Å². The van der Waals surface area contributed by atoms with Crippen molar-refractivity contribution in [1.82, 2.24) is 25.0 Å². The number of aryl methyl sites for hydroxylation is 1. The molecule has 23 heavy (non-hydrogen) atoms. The summed E-state index contributed by atoms with van der Waals surface area (Å²) in [5.74, 6) is 0. The normalized spacial score (nSPS) is 21.1.